The highest BCUT2D eigenvalue weighted by Crippen LogP contribution is 2.53. The highest BCUT2D eigenvalue weighted by atomic mass is 32.2. The summed E-state index contributed by atoms with van der Waals surface area (Å²) in [7, 11) is -3.87. The van der Waals surface area contributed by atoms with Crippen LogP contribution in [0.5, 0.6) is 0 Å². The van der Waals surface area contributed by atoms with Crippen molar-refractivity contribution in [3.05, 3.63) is 101 Å². The Morgan fingerprint density at radius 3 is 2.38 bits per heavy atom. The van der Waals surface area contributed by atoms with Crippen molar-refractivity contribution in [2.24, 2.45) is 0 Å². The van der Waals surface area contributed by atoms with Crippen LogP contribution in [0.2, 0.25) is 0 Å². The number of aromatic nitrogens is 1. The van der Waals surface area contributed by atoms with Crippen molar-refractivity contribution >= 4 is 26.9 Å². The van der Waals surface area contributed by atoms with Crippen LogP contribution in [0.25, 0.3) is 10.9 Å². The van der Waals surface area contributed by atoms with Gasteiger partial charge in [-0.2, -0.15) is 0 Å². The van der Waals surface area contributed by atoms with E-state index in [9.17, 15) is 13.2 Å². The molecule has 0 N–H and O–H groups in total. The standard InChI is InChI=1S/C28H25NO4S/c1-18-8-11-21(12-9-18)34(31,32)29-24-14-15-28(20-6-4-3-5-7-20)17-23(27(30)33-28)26(24)22-13-10-19(2)16-25(22)29/h3-13,16,23H,14-15,17H2,1-2H3/t23-,28-/m0/s1. The van der Waals surface area contributed by atoms with E-state index < -0.39 is 21.5 Å². The molecule has 34 heavy (non-hydrogen) atoms. The summed E-state index contributed by atoms with van der Waals surface area (Å²) in [6.45, 7) is 3.88. The van der Waals surface area contributed by atoms with Gasteiger partial charge in [-0.15, -0.1) is 0 Å². The molecule has 1 aromatic heterocycles. The fraction of sp³-hybridized carbons (Fsp3) is 0.250. The van der Waals surface area contributed by atoms with Crippen molar-refractivity contribution in [1.82, 2.24) is 3.97 Å². The molecule has 172 valence electrons. The highest BCUT2D eigenvalue weighted by molar-refractivity contribution is 7.90. The normalized spacial score (nSPS) is 21.8. The molecule has 0 spiro atoms. The molecule has 2 atom stereocenters. The largest absolute Gasteiger partial charge is 0.454 e. The fourth-order valence-electron chi connectivity index (χ4n) is 5.64. The van der Waals surface area contributed by atoms with E-state index in [-0.39, 0.29) is 10.9 Å². The van der Waals surface area contributed by atoms with E-state index in [2.05, 4.69) is 0 Å². The molecule has 4 aromatic rings. The lowest BCUT2D eigenvalue weighted by Gasteiger charge is -2.28. The van der Waals surface area contributed by atoms with E-state index in [0.29, 0.717) is 30.5 Å². The van der Waals surface area contributed by atoms with Gasteiger partial charge in [0.15, 0.2) is 0 Å². The van der Waals surface area contributed by atoms with Crippen LogP contribution >= 0.6 is 0 Å². The van der Waals surface area contributed by atoms with Crippen LogP contribution in [-0.4, -0.2) is 18.4 Å². The van der Waals surface area contributed by atoms with E-state index in [0.717, 1.165) is 27.6 Å². The Bertz CT molecular complexity index is 1550. The monoisotopic (exact) mass is 471 g/mol. The number of carbonyl (C=O) groups excluding carboxylic acids is 1. The number of hydrogen-bond acceptors (Lipinski definition) is 4. The van der Waals surface area contributed by atoms with Crippen LogP contribution in [0.15, 0.2) is 77.7 Å². The number of carbonyl (C=O) groups is 1. The molecule has 1 fully saturated rings. The molecule has 0 saturated carbocycles. The summed E-state index contributed by atoms with van der Waals surface area (Å²) < 4.78 is 35.6. The molecule has 3 aromatic carbocycles. The van der Waals surface area contributed by atoms with Gasteiger partial charge in [-0.3, -0.25) is 4.79 Å². The lowest BCUT2D eigenvalue weighted by molar-refractivity contribution is -0.151. The molecule has 1 aliphatic heterocycles. The minimum absolute atomic E-state index is 0.245. The number of fused-ring (bicyclic) bond motifs is 6. The van der Waals surface area contributed by atoms with Crippen molar-refractivity contribution in [1.29, 1.82) is 0 Å². The van der Waals surface area contributed by atoms with Gasteiger partial charge in [0, 0.05) is 17.5 Å². The van der Waals surface area contributed by atoms with Crippen LogP contribution in [-0.2, 0) is 31.6 Å². The minimum Gasteiger partial charge on any atom is -0.454 e. The van der Waals surface area contributed by atoms with E-state index in [1.165, 1.54) is 3.97 Å². The SMILES string of the molecule is Cc1ccc(S(=O)(=O)n2c3c(c4ccc(C)cc42)[C@@H]2C[C@](c4ccccc4)(CC3)OC2=O)cc1. The van der Waals surface area contributed by atoms with E-state index >= 15 is 0 Å². The van der Waals surface area contributed by atoms with Crippen LogP contribution in [0.4, 0.5) is 0 Å². The summed E-state index contributed by atoms with van der Waals surface area (Å²) in [5.74, 6) is -0.783. The predicted molar refractivity (Wildman–Crippen MR) is 130 cm³/mol. The van der Waals surface area contributed by atoms with Gasteiger partial charge >= 0.3 is 5.97 Å². The maximum absolute atomic E-state index is 14.0. The summed E-state index contributed by atoms with van der Waals surface area (Å²) in [5, 5.41) is 0.809. The highest BCUT2D eigenvalue weighted by Gasteiger charge is 2.52. The maximum atomic E-state index is 14.0. The molecule has 2 bridgehead atoms. The molecule has 0 unspecified atom stereocenters. The van der Waals surface area contributed by atoms with Crippen LogP contribution in [0, 0.1) is 13.8 Å². The van der Waals surface area contributed by atoms with Gasteiger partial charge < -0.3 is 4.74 Å². The lowest BCUT2D eigenvalue weighted by atomic mass is 9.84. The first-order valence-electron chi connectivity index (χ1n) is 11.5. The second kappa shape index (κ2) is 7.31. The zero-order valence-corrected chi connectivity index (χ0v) is 19.9. The number of ether oxygens (including phenoxy) is 1. The molecular weight excluding hydrogens is 446 g/mol. The molecule has 5 nitrogen and oxygen atoms in total. The Hall–Kier alpha value is -3.38. The second-order valence-corrected chi connectivity index (χ2v) is 11.3. The first-order chi connectivity index (χ1) is 16.3. The van der Waals surface area contributed by atoms with Gasteiger partial charge in [-0.1, -0.05) is 60.2 Å². The van der Waals surface area contributed by atoms with Gasteiger partial charge in [0.1, 0.15) is 5.60 Å². The number of esters is 1. The zero-order valence-electron chi connectivity index (χ0n) is 19.1. The minimum atomic E-state index is -3.87. The second-order valence-electron chi connectivity index (χ2n) is 9.50. The molecule has 6 heteroatoms. The number of hydrogen-bond donors (Lipinski definition) is 0. The Kier molecular flexibility index (Phi) is 4.55. The number of aryl methyl sites for hydroxylation is 2. The lowest BCUT2D eigenvalue weighted by Crippen LogP contribution is -2.27. The van der Waals surface area contributed by atoms with Crippen molar-refractivity contribution in [3.8, 4) is 0 Å². The van der Waals surface area contributed by atoms with Crippen LogP contribution in [0.3, 0.4) is 0 Å². The summed E-state index contributed by atoms with van der Waals surface area (Å²) in [4.78, 5) is 13.5. The topological polar surface area (TPSA) is 65.4 Å². The first kappa shape index (κ1) is 21.2. The number of rotatable bonds is 3. The summed E-state index contributed by atoms with van der Waals surface area (Å²) in [6.07, 6.45) is 1.54. The van der Waals surface area contributed by atoms with Crippen LogP contribution in [0.1, 0.15) is 46.7 Å². The summed E-state index contributed by atoms with van der Waals surface area (Å²) in [5.41, 5.74) is 4.30. The van der Waals surface area contributed by atoms with Gasteiger partial charge in [-0.25, -0.2) is 12.4 Å². The third-order valence-corrected chi connectivity index (χ3v) is 9.07. The average Bonchev–Trinajstić information content (AvgIpc) is 3.26. The van der Waals surface area contributed by atoms with Gasteiger partial charge in [-0.05, 0) is 61.6 Å². The molecule has 6 rings (SSSR count). The molecule has 1 aliphatic carbocycles. The quantitative estimate of drug-likeness (QED) is 0.377. The third-order valence-electron chi connectivity index (χ3n) is 7.31. The van der Waals surface area contributed by atoms with Crippen molar-refractivity contribution < 1.29 is 17.9 Å². The predicted octanol–water partition coefficient (Wildman–Crippen LogP) is 5.37. The zero-order chi connectivity index (χ0) is 23.7. The van der Waals surface area contributed by atoms with E-state index in [1.54, 1.807) is 12.1 Å². The van der Waals surface area contributed by atoms with Crippen molar-refractivity contribution in [2.75, 3.05) is 0 Å². The Labute approximate surface area is 199 Å². The van der Waals surface area contributed by atoms with E-state index in [1.807, 2.05) is 74.5 Å². The summed E-state index contributed by atoms with van der Waals surface area (Å²) >= 11 is 0. The number of nitrogens with zero attached hydrogens (tertiary/aromatic N) is 1. The molecule has 0 amide bonds. The smallest absolute Gasteiger partial charge is 0.314 e. The van der Waals surface area contributed by atoms with Crippen molar-refractivity contribution in [2.45, 2.75) is 49.5 Å². The first-order valence-corrected chi connectivity index (χ1v) is 13.0. The Balaban J connectivity index is 1.61. The maximum Gasteiger partial charge on any atom is 0.314 e. The molecular formula is C28H25NO4S. The Morgan fingerprint density at radius 1 is 0.941 bits per heavy atom. The Morgan fingerprint density at radius 2 is 1.65 bits per heavy atom. The van der Waals surface area contributed by atoms with E-state index in [4.69, 9.17) is 4.74 Å². The number of benzene rings is 3. The third kappa shape index (κ3) is 2.98. The van der Waals surface area contributed by atoms with Crippen molar-refractivity contribution in [3.63, 3.8) is 0 Å². The molecule has 2 heterocycles. The average molecular weight is 472 g/mol. The fourth-order valence-corrected chi connectivity index (χ4v) is 7.22. The molecule has 0 radical (unpaired) electrons. The van der Waals surface area contributed by atoms with Gasteiger partial charge in [0.25, 0.3) is 10.0 Å². The molecule has 2 aliphatic rings. The van der Waals surface area contributed by atoms with Crippen LogP contribution < -0.4 is 0 Å². The molecule has 1 saturated heterocycles. The summed E-state index contributed by atoms with van der Waals surface area (Å²) in [6, 6.07) is 22.6. The van der Waals surface area contributed by atoms with Gasteiger partial charge in [0.05, 0.1) is 16.3 Å². The van der Waals surface area contributed by atoms with Gasteiger partial charge in [0.2, 0.25) is 0 Å².